The van der Waals surface area contributed by atoms with Crippen molar-refractivity contribution in [3.63, 3.8) is 0 Å². The van der Waals surface area contributed by atoms with Gasteiger partial charge in [-0.1, -0.05) is 24.6 Å². The Bertz CT molecular complexity index is 795. The van der Waals surface area contributed by atoms with Crippen molar-refractivity contribution >= 4 is 5.91 Å². The van der Waals surface area contributed by atoms with Gasteiger partial charge in [-0.15, -0.1) is 0 Å². The fourth-order valence-corrected chi connectivity index (χ4v) is 4.37. The number of hydrogen-bond donors (Lipinski definition) is 2. The minimum absolute atomic E-state index is 0.0316. The van der Waals surface area contributed by atoms with Crippen LogP contribution in [-0.4, -0.2) is 28.3 Å². The second kappa shape index (κ2) is 6.64. The van der Waals surface area contributed by atoms with Crippen LogP contribution < -0.4 is 11.1 Å². The van der Waals surface area contributed by atoms with E-state index in [1.165, 1.54) is 11.3 Å². The van der Waals surface area contributed by atoms with Crippen molar-refractivity contribution in [2.75, 3.05) is 6.54 Å². The number of fused-ring (bicyclic) bond motifs is 1. The van der Waals surface area contributed by atoms with Gasteiger partial charge in [-0.2, -0.15) is 5.10 Å². The number of para-hydroxylation sites is 1. The molecule has 3 N–H and O–H groups in total. The summed E-state index contributed by atoms with van der Waals surface area (Å²) in [6.45, 7) is 2.73. The Balaban J connectivity index is 1.66. The van der Waals surface area contributed by atoms with Crippen molar-refractivity contribution in [1.29, 1.82) is 0 Å². The van der Waals surface area contributed by atoms with Gasteiger partial charge in [0.1, 0.15) is 0 Å². The summed E-state index contributed by atoms with van der Waals surface area (Å²) in [5.74, 6) is 0.367. The third-order valence-corrected chi connectivity index (χ3v) is 5.77. The largest absolute Gasteiger partial charge is 0.348 e. The molecule has 1 amide bonds. The topological polar surface area (TPSA) is 72.9 Å². The van der Waals surface area contributed by atoms with E-state index in [0.29, 0.717) is 18.2 Å². The molecular formula is C20H26N4O. The summed E-state index contributed by atoms with van der Waals surface area (Å²) in [5.41, 5.74) is 11.0. The standard InChI is InChI=1S/C20H26N4O/c1-13-6-2-3-10-17(13)24-18-11-5-8-15(18)19(23-24)20(25)22-16-9-4-7-14(16)12-21/h2-3,6,10,14,16H,4-5,7-9,11-12,21H2,1H3,(H,22,25). The molecule has 1 fully saturated rings. The molecule has 25 heavy (non-hydrogen) atoms. The van der Waals surface area contributed by atoms with Crippen molar-refractivity contribution < 1.29 is 4.79 Å². The predicted molar refractivity (Wildman–Crippen MR) is 98.0 cm³/mol. The highest BCUT2D eigenvalue weighted by Crippen LogP contribution is 2.30. The summed E-state index contributed by atoms with van der Waals surface area (Å²) in [6.07, 6.45) is 6.29. The van der Waals surface area contributed by atoms with Crippen molar-refractivity contribution in [2.45, 2.75) is 51.5 Å². The maximum absolute atomic E-state index is 12.9. The van der Waals surface area contributed by atoms with E-state index >= 15 is 0 Å². The van der Waals surface area contributed by atoms with E-state index < -0.39 is 0 Å². The van der Waals surface area contributed by atoms with Crippen LogP contribution in [0.2, 0.25) is 0 Å². The average molecular weight is 338 g/mol. The number of hydrogen-bond acceptors (Lipinski definition) is 3. The van der Waals surface area contributed by atoms with Crippen LogP contribution in [0.1, 0.15) is 53.0 Å². The van der Waals surface area contributed by atoms with Gasteiger partial charge in [0.25, 0.3) is 5.91 Å². The summed E-state index contributed by atoms with van der Waals surface area (Å²) in [7, 11) is 0. The van der Waals surface area contributed by atoms with Crippen LogP contribution in [0.3, 0.4) is 0 Å². The molecule has 0 aliphatic heterocycles. The Morgan fingerprint density at radius 2 is 2.12 bits per heavy atom. The second-order valence-corrected chi connectivity index (χ2v) is 7.33. The van der Waals surface area contributed by atoms with Crippen molar-refractivity contribution in [2.24, 2.45) is 11.7 Å². The van der Waals surface area contributed by atoms with Crippen LogP contribution in [0.15, 0.2) is 24.3 Å². The van der Waals surface area contributed by atoms with Gasteiger partial charge in [-0.05, 0) is 63.1 Å². The number of carbonyl (C=O) groups excluding carboxylic acids is 1. The van der Waals surface area contributed by atoms with Gasteiger partial charge in [-0.25, -0.2) is 4.68 Å². The number of nitrogens with one attached hydrogen (secondary N) is 1. The minimum Gasteiger partial charge on any atom is -0.348 e. The van der Waals surface area contributed by atoms with E-state index in [9.17, 15) is 4.79 Å². The number of nitrogens with zero attached hydrogens (tertiary/aromatic N) is 2. The normalized spacial score (nSPS) is 22.2. The Labute approximate surface area is 148 Å². The van der Waals surface area contributed by atoms with Gasteiger partial charge < -0.3 is 11.1 Å². The highest BCUT2D eigenvalue weighted by molar-refractivity contribution is 5.94. The smallest absolute Gasteiger partial charge is 0.272 e. The van der Waals surface area contributed by atoms with Gasteiger partial charge in [0.15, 0.2) is 5.69 Å². The molecule has 2 aliphatic carbocycles. The molecule has 1 heterocycles. The van der Waals surface area contributed by atoms with E-state index in [0.717, 1.165) is 49.8 Å². The lowest BCUT2D eigenvalue weighted by Crippen LogP contribution is -2.40. The van der Waals surface area contributed by atoms with E-state index in [1.807, 2.05) is 16.8 Å². The molecule has 1 aromatic carbocycles. The molecule has 0 saturated heterocycles. The van der Waals surface area contributed by atoms with E-state index in [1.54, 1.807) is 0 Å². The molecule has 5 heteroatoms. The Kier molecular flexibility index (Phi) is 4.34. The first-order chi connectivity index (χ1) is 12.2. The average Bonchev–Trinajstić information content (AvgIpc) is 3.31. The van der Waals surface area contributed by atoms with Crippen molar-refractivity contribution in [1.82, 2.24) is 15.1 Å². The molecule has 5 nitrogen and oxygen atoms in total. The number of nitrogens with two attached hydrogens (primary N) is 1. The first-order valence-electron chi connectivity index (χ1n) is 9.36. The summed E-state index contributed by atoms with van der Waals surface area (Å²) in [4.78, 5) is 12.9. The predicted octanol–water partition coefficient (Wildman–Crippen LogP) is 2.53. The Hall–Kier alpha value is -2.14. The molecular weight excluding hydrogens is 312 g/mol. The highest BCUT2D eigenvalue weighted by Gasteiger charge is 2.31. The van der Waals surface area contributed by atoms with Gasteiger partial charge >= 0.3 is 0 Å². The molecule has 0 spiro atoms. The molecule has 2 unspecified atom stereocenters. The zero-order valence-electron chi connectivity index (χ0n) is 14.8. The first kappa shape index (κ1) is 16.3. The number of aromatic nitrogens is 2. The zero-order valence-corrected chi connectivity index (χ0v) is 14.8. The van der Waals surface area contributed by atoms with Crippen LogP contribution in [0.5, 0.6) is 0 Å². The number of carbonyl (C=O) groups is 1. The zero-order chi connectivity index (χ0) is 17.4. The molecule has 2 aromatic rings. The summed E-state index contributed by atoms with van der Waals surface area (Å²) >= 11 is 0. The summed E-state index contributed by atoms with van der Waals surface area (Å²) in [6, 6.07) is 8.41. The van der Waals surface area contributed by atoms with E-state index in [2.05, 4.69) is 24.4 Å². The lowest BCUT2D eigenvalue weighted by molar-refractivity contribution is 0.0922. The quantitative estimate of drug-likeness (QED) is 0.900. The summed E-state index contributed by atoms with van der Waals surface area (Å²) in [5, 5.41) is 7.94. The fraction of sp³-hybridized carbons (Fsp3) is 0.500. The van der Waals surface area contributed by atoms with Gasteiger partial charge in [0.05, 0.1) is 5.69 Å². The van der Waals surface area contributed by atoms with Crippen LogP contribution in [0.4, 0.5) is 0 Å². The van der Waals surface area contributed by atoms with Crippen molar-refractivity contribution in [3.8, 4) is 5.69 Å². The van der Waals surface area contributed by atoms with Crippen LogP contribution in [-0.2, 0) is 12.8 Å². The Morgan fingerprint density at radius 3 is 2.92 bits per heavy atom. The molecule has 0 radical (unpaired) electrons. The molecule has 2 atom stereocenters. The Morgan fingerprint density at radius 1 is 1.28 bits per heavy atom. The fourth-order valence-electron chi connectivity index (χ4n) is 4.37. The third-order valence-electron chi connectivity index (χ3n) is 5.77. The third kappa shape index (κ3) is 2.86. The van der Waals surface area contributed by atoms with Crippen LogP contribution >= 0.6 is 0 Å². The number of rotatable bonds is 4. The maximum atomic E-state index is 12.9. The highest BCUT2D eigenvalue weighted by atomic mass is 16.2. The van der Waals surface area contributed by atoms with Crippen molar-refractivity contribution in [3.05, 3.63) is 46.8 Å². The molecule has 4 rings (SSSR count). The summed E-state index contributed by atoms with van der Waals surface area (Å²) < 4.78 is 1.99. The van der Waals surface area contributed by atoms with Gasteiger partial charge in [0, 0.05) is 17.3 Å². The molecule has 0 bridgehead atoms. The lowest BCUT2D eigenvalue weighted by atomic mass is 10.0. The first-order valence-corrected chi connectivity index (χ1v) is 9.36. The number of benzene rings is 1. The van der Waals surface area contributed by atoms with Crippen LogP contribution in [0, 0.1) is 12.8 Å². The minimum atomic E-state index is -0.0316. The molecule has 132 valence electrons. The SMILES string of the molecule is Cc1ccccc1-n1nc(C(=O)NC2CCCC2CN)c2c1CCC2. The monoisotopic (exact) mass is 338 g/mol. The lowest BCUT2D eigenvalue weighted by Gasteiger charge is -2.19. The van der Waals surface area contributed by atoms with Gasteiger partial charge in [-0.3, -0.25) is 4.79 Å². The second-order valence-electron chi connectivity index (χ2n) is 7.33. The van der Waals surface area contributed by atoms with Gasteiger partial charge in [0.2, 0.25) is 0 Å². The molecule has 1 aromatic heterocycles. The van der Waals surface area contributed by atoms with E-state index in [4.69, 9.17) is 10.8 Å². The number of aryl methyl sites for hydroxylation is 1. The molecule has 1 saturated carbocycles. The number of amides is 1. The van der Waals surface area contributed by atoms with E-state index in [-0.39, 0.29) is 11.9 Å². The maximum Gasteiger partial charge on any atom is 0.272 e. The van der Waals surface area contributed by atoms with Crippen LogP contribution in [0.25, 0.3) is 5.69 Å². The molecule has 2 aliphatic rings.